The first-order chi connectivity index (χ1) is 8.08. The molecule has 0 aliphatic carbocycles. The van der Waals surface area contributed by atoms with Crippen molar-refractivity contribution in [3.63, 3.8) is 0 Å². The summed E-state index contributed by atoms with van der Waals surface area (Å²) >= 11 is 0. The first kappa shape index (κ1) is 17.0. The van der Waals surface area contributed by atoms with E-state index in [9.17, 15) is 0 Å². The number of rotatable bonds is 10. The third-order valence-corrected chi connectivity index (χ3v) is 5.02. The Kier molecular flexibility index (Phi) is 9.00. The van der Waals surface area contributed by atoms with Crippen LogP contribution in [-0.4, -0.2) is 0 Å². The van der Waals surface area contributed by atoms with E-state index in [0.29, 0.717) is 5.41 Å². The summed E-state index contributed by atoms with van der Waals surface area (Å²) in [5.74, 6) is 1.78. The van der Waals surface area contributed by atoms with Gasteiger partial charge in [-0.3, -0.25) is 0 Å². The van der Waals surface area contributed by atoms with Crippen molar-refractivity contribution in [3.8, 4) is 0 Å². The van der Waals surface area contributed by atoms with Crippen LogP contribution >= 0.6 is 0 Å². The average Bonchev–Trinajstić information content (AvgIpc) is 2.33. The van der Waals surface area contributed by atoms with E-state index in [1.165, 1.54) is 51.4 Å². The molecule has 0 aliphatic rings. The summed E-state index contributed by atoms with van der Waals surface area (Å²) in [6, 6.07) is 0. The standard InChI is InChI=1S/C17H36/c1-7-11-13-16(9-3)17(10-4,15(5)6)14-12-8-2/h15-16H,7-14H2,1-6H3. The zero-order chi connectivity index (χ0) is 13.3. The molecule has 0 N–H and O–H groups in total. The number of hydrogen-bond donors (Lipinski definition) is 0. The quantitative estimate of drug-likeness (QED) is 0.412. The topological polar surface area (TPSA) is 0 Å². The Balaban J connectivity index is 4.81. The van der Waals surface area contributed by atoms with Gasteiger partial charge in [0.2, 0.25) is 0 Å². The minimum Gasteiger partial charge on any atom is -0.0654 e. The lowest BCUT2D eigenvalue weighted by Crippen LogP contribution is -2.35. The molecule has 0 radical (unpaired) electrons. The van der Waals surface area contributed by atoms with Crippen LogP contribution in [0.1, 0.15) is 92.9 Å². The highest BCUT2D eigenvalue weighted by Crippen LogP contribution is 2.47. The van der Waals surface area contributed by atoms with Crippen molar-refractivity contribution in [2.45, 2.75) is 92.9 Å². The fraction of sp³-hybridized carbons (Fsp3) is 1.00. The third kappa shape index (κ3) is 4.64. The summed E-state index contributed by atoms with van der Waals surface area (Å²) in [4.78, 5) is 0. The van der Waals surface area contributed by atoms with Crippen molar-refractivity contribution in [2.24, 2.45) is 17.3 Å². The molecule has 0 saturated heterocycles. The molecular formula is C17H36. The zero-order valence-electron chi connectivity index (χ0n) is 13.3. The smallest absolute Gasteiger partial charge is 0.0249 e. The minimum atomic E-state index is 0.611. The Labute approximate surface area is 111 Å². The van der Waals surface area contributed by atoms with E-state index in [4.69, 9.17) is 0 Å². The molecule has 0 heteroatoms. The van der Waals surface area contributed by atoms with Crippen LogP contribution in [0.2, 0.25) is 0 Å². The fourth-order valence-corrected chi connectivity index (χ4v) is 3.69. The third-order valence-electron chi connectivity index (χ3n) is 5.02. The van der Waals surface area contributed by atoms with Crippen LogP contribution in [0.4, 0.5) is 0 Å². The minimum absolute atomic E-state index is 0.611. The second-order valence-corrected chi connectivity index (χ2v) is 6.09. The maximum absolute atomic E-state index is 2.45. The van der Waals surface area contributed by atoms with Crippen molar-refractivity contribution < 1.29 is 0 Å². The molecule has 0 nitrogen and oxygen atoms in total. The van der Waals surface area contributed by atoms with E-state index in [1.54, 1.807) is 0 Å². The van der Waals surface area contributed by atoms with Gasteiger partial charge in [-0.2, -0.15) is 0 Å². The molecule has 2 unspecified atom stereocenters. The normalized spacial score (nSPS) is 17.1. The van der Waals surface area contributed by atoms with Crippen molar-refractivity contribution in [1.82, 2.24) is 0 Å². The summed E-state index contributed by atoms with van der Waals surface area (Å²) in [5, 5.41) is 0. The van der Waals surface area contributed by atoms with E-state index in [1.807, 2.05) is 0 Å². The van der Waals surface area contributed by atoms with Gasteiger partial charge in [0.25, 0.3) is 0 Å². The van der Waals surface area contributed by atoms with Crippen LogP contribution in [0, 0.1) is 17.3 Å². The van der Waals surface area contributed by atoms with Crippen molar-refractivity contribution in [2.75, 3.05) is 0 Å². The predicted octanol–water partition coefficient (Wildman–Crippen LogP) is 6.45. The summed E-state index contributed by atoms with van der Waals surface area (Å²) in [6.45, 7) is 14.4. The van der Waals surface area contributed by atoms with Gasteiger partial charge in [-0.05, 0) is 36.5 Å². The van der Waals surface area contributed by atoms with Gasteiger partial charge < -0.3 is 0 Å². The molecule has 0 saturated carbocycles. The highest BCUT2D eigenvalue weighted by Gasteiger charge is 2.37. The van der Waals surface area contributed by atoms with E-state index >= 15 is 0 Å². The Morgan fingerprint density at radius 3 is 1.82 bits per heavy atom. The van der Waals surface area contributed by atoms with Gasteiger partial charge in [0.05, 0.1) is 0 Å². The van der Waals surface area contributed by atoms with Crippen molar-refractivity contribution in [3.05, 3.63) is 0 Å². The van der Waals surface area contributed by atoms with Crippen molar-refractivity contribution in [1.29, 1.82) is 0 Å². The van der Waals surface area contributed by atoms with Gasteiger partial charge in [0.1, 0.15) is 0 Å². The molecule has 0 bridgehead atoms. The van der Waals surface area contributed by atoms with Gasteiger partial charge in [-0.25, -0.2) is 0 Å². The molecule has 0 heterocycles. The lowest BCUT2D eigenvalue weighted by Gasteiger charge is -2.44. The fourth-order valence-electron chi connectivity index (χ4n) is 3.69. The van der Waals surface area contributed by atoms with Crippen LogP contribution < -0.4 is 0 Å². The van der Waals surface area contributed by atoms with E-state index in [0.717, 1.165) is 11.8 Å². The Hall–Kier alpha value is 0. The molecular weight excluding hydrogens is 204 g/mol. The van der Waals surface area contributed by atoms with Gasteiger partial charge >= 0.3 is 0 Å². The largest absolute Gasteiger partial charge is 0.0654 e. The number of unbranched alkanes of at least 4 members (excludes halogenated alkanes) is 2. The molecule has 0 aromatic rings. The molecule has 17 heavy (non-hydrogen) atoms. The maximum atomic E-state index is 2.45. The predicted molar refractivity (Wildman–Crippen MR) is 80.4 cm³/mol. The molecule has 0 amide bonds. The Morgan fingerprint density at radius 2 is 1.47 bits per heavy atom. The molecule has 0 aromatic carbocycles. The molecule has 0 aliphatic heterocycles. The highest BCUT2D eigenvalue weighted by atomic mass is 14.4. The molecule has 0 spiro atoms. The average molecular weight is 240 g/mol. The molecule has 104 valence electrons. The Bertz CT molecular complexity index is 171. The second kappa shape index (κ2) is 9.00. The highest BCUT2D eigenvalue weighted by molar-refractivity contribution is 4.87. The van der Waals surface area contributed by atoms with E-state index < -0.39 is 0 Å². The maximum Gasteiger partial charge on any atom is -0.0249 e. The van der Waals surface area contributed by atoms with E-state index in [-0.39, 0.29) is 0 Å². The van der Waals surface area contributed by atoms with E-state index in [2.05, 4.69) is 41.5 Å². The van der Waals surface area contributed by atoms with Gasteiger partial charge in [-0.15, -0.1) is 0 Å². The van der Waals surface area contributed by atoms with Crippen molar-refractivity contribution >= 4 is 0 Å². The SMILES string of the molecule is CCCCC(CC)C(CC)(CCCC)C(C)C. The second-order valence-electron chi connectivity index (χ2n) is 6.09. The lowest BCUT2D eigenvalue weighted by atomic mass is 9.61. The summed E-state index contributed by atoms with van der Waals surface area (Å²) < 4.78 is 0. The summed E-state index contributed by atoms with van der Waals surface area (Å²) in [6.07, 6.45) is 11.2. The lowest BCUT2D eigenvalue weighted by molar-refractivity contribution is 0.0570. The summed E-state index contributed by atoms with van der Waals surface area (Å²) in [5.41, 5.74) is 0.611. The monoisotopic (exact) mass is 240 g/mol. The van der Waals surface area contributed by atoms with Crippen LogP contribution in [-0.2, 0) is 0 Å². The van der Waals surface area contributed by atoms with Crippen LogP contribution in [0.25, 0.3) is 0 Å². The molecule has 2 atom stereocenters. The molecule has 0 fully saturated rings. The summed E-state index contributed by atoms with van der Waals surface area (Å²) in [7, 11) is 0. The Morgan fingerprint density at radius 1 is 0.882 bits per heavy atom. The molecule has 0 rings (SSSR count). The van der Waals surface area contributed by atoms with Crippen LogP contribution in [0.3, 0.4) is 0 Å². The van der Waals surface area contributed by atoms with Crippen LogP contribution in [0.5, 0.6) is 0 Å². The molecule has 0 aromatic heterocycles. The van der Waals surface area contributed by atoms with Crippen LogP contribution in [0.15, 0.2) is 0 Å². The zero-order valence-corrected chi connectivity index (χ0v) is 13.3. The van der Waals surface area contributed by atoms with Gasteiger partial charge in [0.15, 0.2) is 0 Å². The first-order valence-corrected chi connectivity index (χ1v) is 8.08. The number of hydrogen-bond acceptors (Lipinski definition) is 0. The first-order valence-electron chi connectivity index (χ1n) is 8.08. The van der Waals surface area contributed by atoms with Gasteiger partial charge in [0, 0.05) is 0 Å². The van der Waals surface area contributed by atoms with Gasteiger partial charge in [-0.1, -0.05) is 73.6 Å².